The lowest BCUT2D eigenvalue weighted by atomic mass is 10.1. The van der Waals surface area contributed by atoms with Crippen LogP contribution in [0.2, 0.25) is 5.02 Å². The summed E-state index contributed by atoms with van der Waals surface area (Å²) < 4.78 is 38.6. The zero-order valence-corrected chi connectivity index (χ0v) is 17.7. The van der Waals surface area contributed by atoms with Gasteiger partial charge in [0.1, 0.15) is 10.8 Å². The van der Waals surface area contributed by atoms with Crippen LogP contribution in [0.25, 0.3) is 32.3 Å². The van der Waals surface area contributed by atoms with Crippen molar-refractivity contribution in [1.82, 2.24) is 4.98 Å². The Labute approximate surface area is 177 Å². The van der Waals surface area contributed by atoms with E-state index in [9.17, 15) is 12.8 Å². The maximum atomic E-state index is 13.9. The van der Waals surface area contributed by atoms with E-state index in [0.717, 1.165) is 5.56 Å². The average Bonchev–Trinajstić information content (AvgIpc) is 3.13. The van der Waals surface area contributed by atoms with E-state index in [1.165, 1.54) is 29.7 Å². The molecule has 1 heterocycles. The molecule has 0 saturated carbocycles. The first-order valence-electron chi connectivity index (χ1n) is 8.66. The first-order valence-corrected chi connectivity index (χ1v) is 11.7. The number of aromatic nitrogens is 1. The van der Waals surface area contributed by atoms with Gasteiger partial charge >= 0.3 is 0 Å². The van der Waals surface area contributed by atoms with Crippen LogP contribution in [0.3, 0.4) is 0 Å². The number of halogens is 2. The van der Waals surface area contributed by atoms with Gasteiger partial charge < -0.3 is 0 Å². The lowest BCUT2D eigenvalue weighted by Crippen LogP contribution is -1.99. The lowest BCUT2D eigenvalue weighted by molar-refractivity contribution is 0.602. The number of sulfone groups is 1. The van der Waals surface area contributed by atoms with Gasteiger partial charge in [0.25, 0.3) is 0 Å². The van der Waals surface area contributed by atoms with Gasteiger partial charge in [0.05, 0.1) is 20.5 Å². The molecule has 7 heteroatoms. The molecule has 0 unspecified atom stereocenters. The molecule has 0 amide bonds. The van der Waals surface area contributed by atoms with E-state index in [0.29, 0.717) is 31.7 Å². The third kappa shape index (κ3) is 3.96. The van der Waals surface area contributed by atoms with Crippen molar-refractivity contribution in [1.29, 1.82) is 0 Å². The van der Waals surface area contributed by atoms with Gasteiger partial charge in [0.15, 0.2) is 9.84 Å². The van der Waals surface area contributed by atoms with Crippen LogP contribution in [-0.4, -0.2) is 19.7 Å². The molecule has 3 aromatic carbocycles. The molecule has 0 aliphatic carbocycles. The van der Waals surface area contributed by atoms with Crippen LogP contribution in [0.15, 0.2) is 77.7 Å². The van der Waals surface area contributed by atoms with Crippen molar-refractivity contribution < 1.29 is 12.8 Å². The fourth-order valence-corrected chi connectivity index (χ4v) is 5.47. The minimum Gasteiger partial charge on any atom is -0.235 e. The van der Waals surface area contributed by atoms with Gasteiger partial charge in [-0.2, -0.15) is 0 Å². The van der Waals surface area contributed by atoms with Crippen LogP contribution in [-0.2, 0) is 9.84 Å². The molecule has 29 heavy (non-hydrogen) atoms. The van der Waals surface area contributed by atoms with E-state index in [1.54, 1.807) is 42.5 Å². The van der Waals surface area contributed by atoms with Crippen molar-refractivity contribution in [3.63, 3.8) is 0 Å². The van der Waals surface area contributed by atoms with Gasteiger partial charge in [0, 0.05) is 22.9 Å². The molecule has 4 aromatic rings. The summed E-state index contributed by atoms with van der Waals surface area (Å²) in [5.41, 5.74) is 2.35. The van der Waals surface area contributed by atoms with Gasteiger partial charge in [-0.3, -0.25) is 0 Å². The molecule has 0 radical (unpaired) electrons. The summed E-state index contributed by atoms with van der Waals surface area (Å²) >= 11 is 7.68. The molecule has 0 N–H and O–H groups in total. The lowest BCUT2D eigenvalue weighted by Gasteiger charge is -2.08. The summed E-state index contributed by atoms with van der Waals surface area (Å²) in [7, 11) is -3.47. The highest BCUT2D eigenvalue weighted by atomic mass is 35.5. The highest BCUT2D eigenvalue weighted by Gasteiger charge is 2.22. The van der Waals surface area contributed by atoms with Crippen molar-refractivity contribution in [2.24, 2.45) is 0 Å². The summed E-state index contributed by atoms with van der Waals surface area (Å²) in [6.07, 6.45) is 1.17. The first-order chi connectivity index (χ1) is 13.8. The summed E-state index contributed by atoms with van der Waals surface area (Å²) in [6.45, 7) is 0. The number of hydrogen-bond donors (Lipinski definition) is 0. The maximum absolute atomic E-state index is 13.9. The predicted molar refractivity (Wildman–Crippen MR) is 116 cm³/mol. The standard InChI is InChI=1S/C22H15ClFNO2S2/c1-29(26,27)19-12-5-3-10-17(19)21-20(14-7-6-8-15(24)13-14)25-22(28-21)16-9-2-4-11-18(16)23/h2-13H,1H3. The largest absolute Gasteiger partial charge is 0.235 e. The monoisotopic (exact) mass is 443 g/mol. The Morgan fingerprint density at radius 1 is 0.931 bits per heavy atom. The first kappa shape index (κ1) is 19.8. The maximum Gasteiger partial charge on any atom is 0.176 e. The molecular weight excluding hydrogens is 429 g/mol. The zero-order chi connectivity index (χ0) is 20.6. The topological polar surface area (TPSA) is 47.0 Å². The van der Waals surface area contributed by atoms with E-state index in [2.05, 4.69) is 0 Å². The van der Waals surface area contributed by atoms with Gasteiger partial charge in [-0.25, -0.2) is 17.8 Å². The van der Waals surface area contributed by atoms with E-state index in [-0.39, 0.29) is 4.90 Å². The normalized spacial score (nSPS) is 11.6. The minimum atomic E-state index is -3.47. The Kier molecular flexibility index (Phi) is 5.25. The molecule has 146 valence electrons. The van der Waals surface area contributed by atoms with Gasteiger partial charge in [0.2, 0.25) is 0 Å². The number of benzene rings is 3. The zero-order valence-electron chi connectivity index (χ0n) is 15.3. The molecule has 0 aliphatic heterocycles. The van der Waals surface area contributed by atoms with Crippen molar-refractivity contribution >= 4 is 32.8 Å². The SMILES string of the molecule is CS(=O)(=O)c1ccccc1-c1sc(-c2ccccc2Cl)nc1-c1cccc(F)c1. The van der Waals surface area contributed by atoms with E-state index >= 15 is 0 Å². The Morgan fingerprint density at radius 3 is 2.31 bits per heavy atom. The predicted octanol–water partition coefficient (Wildman–Crippen LogP) is 6.34. The molecule has 0 saturated heterocycles. The van der Waals surface area contributed by atoms with Crippen molar-refractivity contribution in [2.75, 3.05) is 6.26 Å². The molecule has 3 nitrogen and oxygen atoms in total. The summed E-state index contributed by atoms with van der Waals surface area (Å²) in [5, 5.41) is 1.17. The van der Waals surface area contributed by atoms with Crippen LogP contribution in [0.4, 0.5) is 4.39 Å². The van der Waals surface area contributed by atoms with E-state index in [4.69, 9.17) is 16.6 Å². The summed E-state index contributed by atoms with van der Waals surface area (Å²) in [5.74, 6) is -0.392. The second-order valence-electron chi connectivity index (χ2n) is 6.46. The molecule has 0 aliphatic rings. The Balaban J connectivity index is 2.03. The van der Waals surface area contributed by atoms with Crippen LogP contribution in [0.5, 0.6) is 0 Å². The van der Waals surface area contributed by atoms with Gasteiger partial charge in [-0.15, -0.1) is 11.3 Å². The summed E-state index contributed by atoms with van der Waals surface area (Å²) in [6, 6.07) is 20.2. The minimum absolute atomic E-state index is 0.201. The van der Waals surface area contributed by atoms with E-state index < -0.39 is 15.7 Å². The van der Waals surface area contributed by atoms with Crippen LogP contribution in [0, 0.1) is 5.82 Å². The highest BCUT2D eigenvalue weighted by Crippen LogP contribution is 2.44. The van der Waals surface area contributed by atoms with Crippen molar-refractivity contribution in [2.45, 2.75) is 4.90 Å². The molecule has 0 atom stereocenters. The van der Waals surface area contributed by atoms with Crippen LogP contribution >= 0.6 is 22.9 Å². The quantitative estimate of drug-likeness (QED) is 0.369. The molecule has 0 fully saturated rings. The number of hydrogen-bond acceptors (Lipinski definition) is 4. The number of nitrogens with zero attached hydrogens (tertiary/aromatic N) is 1. The van der Waals surface area contributed by atoms with Crippen LogP contribution < -0.4 is 0 Å². The van der Waals surface area contributed by atoms with Crippen molar-refractivity contribution in [3.8, 4) is 32.3 Å². The third-order valence-electron chi connectivity index (χ3n) is 4.36. The fourth-order valence-electron chi connectivity index (χ4n) is 3.06. The second-order valence-corrected chi connectivity index (χ2v) is 9.85. The van der Waals surface area contributed by atoms with E-state index in [1.807, 2.05) is 18.2 Å². The Morgan fingerprint density at radius 2 is 1.62 bits per heavy atom. The molecule has 1 aromatic heterocycles. The molecule has 4 rings (SSSR count). The average molecular weight is 444 g/mol. The summed E-state index contributed by atoms with van der Waals surface area (Å²) in [4.78, 5) is 5.57. The highest BCUT2D eigenvalue weighted by molar-refractivity contribution is 7.90. The van der Waals surface area contributed by atoms with Crippen LogP contribution in [0.1, 0.15) is 0 Å². The van der Waals surface area contributed by atoms with Gasteiger partial charge in [-0.05, 0) is 24.3 Å². The number of rotatable bonds is 4. The fraction of sp³-hybridized carbons (Fsp3) is 0.0455. The number of thiazole rings is 1. The van der Waals surface area contributed by atoms with Crippen molar-refractivity contribution in [3.05, 3.63) is 83.6 Å². The third-order valence-corrected chi connectivity index (χ3v) is 6.97. The molecule has 0 bridgehead atoms. The van der Waals surface area contributed by atoms with Gasteiger partial charge in [-0.1, -0.05) is 60.1 Å². The molecular formula is C22H15ClFNO2S2. The smallest absolute Gasteiger partial charge is 0.176 e. The Hall–Kier alpha value is -2.54. The second kappa shape index (κ2) is 7.71. The Bertz CT molecular complexity index is 1320. The molecule has 0 spiro atoms.